The number of rotatable bonds is 0. The van der Waals surface area contributed by atoms with Crippen LogP contribution in [-0.4, -0.2) is 44.6 Å². The molecule has 2 aliphatic heterocycles. The van der Waals surface area contributed by atoms with Gasteiger partial charge in [0.1, 0.15) is 0 Å². The zero-order chi connectivity index (χ0) is 8.77. The summed E-state index contributed by atoms with van der Waals surface area (Å²) in [6.07, 6.45) is 0. The zero-order valence-electron chi connectivity index (χ0n) is 6.76. The van der Waals surface area contributed by atoms with E-state index in [1.807, 2.05) is 6.92 Å². The van der Waals surface area contributed by atoms with Crippen LogP contribution in [0.25, 0.3) is 0 Å². The van der Waals surface area contributed by atoms with E-state index in [1.165, 1.54) is 4.31 Å². The van der Waals surface area contributed by atoms with Gasteiger partial charge in [-0.15, -0.1) is 0 Å². The molecule has 6 heteroatoms. The highest BCUT2D eigenvalue weighted by Gasteiger charge is 2.44. The molecule has 0 N–H and O–H groups in total. The van der Waals surface area contributed by atoms with Gasteiger partial charge in [-0.2, -0.15) is 12.7 Å². The Labute approximate surface area is 71.5 Å². The summed E-state index contributed by atoms with van der Waals surface area (Å²) in [5.41, 5.74) is 0. The van der Waals surface area contributed by atoms with Gasteiger partial charge in [0.2, 0.25) is 0 Å². The number of ether oxygens (including phenoxy) is 1. The van der Waals surface area contributed by atoms with Crippen LogP contribution in [0.15, 0.2) is 0 Å². The molecule has 2 heterocycles. The molecule has 0 aromatic carbocycles. The van der Waals surface area contributed by atoms with Gasteiger partial charge in [0.15, 0.2) is 0 Å². The Bertz CT molecular complexity index is 275. The quantitative estimate of drug-likeness (QED) is 0.513. The van der Waals surface area contributed by atoms with Gasteiger partial charge in [-0.3, -0.25) is 4.18 Å². The fraction of sp³-hybridized carbons (Fsp3) is 1.00. The monoisotopic (exact) mass is 193 g/mol. The average molecular weight is 193 g/mol. The first kappa shape index (κ1) is 8.43. The van der Waals surface area contributed by atoms with Crippen molar-refractivity contribution in [3.8, 4) is 0 Å². The molecule has 0 saturated carbocycles. The van der Waals surface area contributed by atoms with Gasteiger partial charge in [-0.25, -0.2) is 0 Å². The summed E-state index contributed by atoms with van der Waals surface area (Å²) in [4.78, 5) is 0. The van der Waals surface area contributed by atoms with Gasteiger partial charge in [-0.05, 0) is 6.92 Å². The largest absolute Gasteiger partial charge is 0.378 e. The Kier molecular flexibility index (Phi) is 1.87. The third-order valence-corrected chi connectivity index (χ3v) is 3.74. The van der Waals surface area contributed by atoms with Crippen LogP contribution in [-0.2, 0) is 19.2 Å². The molecule has 0 aromatic rings. The molecule has 2 saturated heterocycles. The van der Waals surface area contributed by atoms with Crippen LogP contribution >= 0.6 is 0 Å². The van der Waals surface area contributed by atoms with E-state index in [-0.39, 0.29) is 18.7 Å². The van der Waals surface area contributed by atoms with Crippen LogP contribution in [0, 0.1) is 0 Å². The Morgan fingerprint density at radius 1 is 1.33 bits per heavy atom. The molecule has 0 unspecified atom stereocenters. The Morgan fingerprint density at radius 3 is 2.75 bits per heavy atom. The summed E-state index contributed by atoms with van der Waals surface area (Å²) in [5.74, 6) is 0. The number of hydrogen-bond acceptors (Lipinski definition) is 4. The Balaban J connectivity index is 2.29. The van der Waals surface area contributed by atoms with Crippen LogP contribution in [0.5, 0.6) is 0 Å². The minimum atomic E-state index is -3.44. The van der Waals surface area contributed by atoms with Gasteiger partial charge in [0.05, 0.1) is 25.9 Å². The van der Waals surface area contributed by atoms with Crippen molar-refractivity contribution in [2.24, 2.45) is 0 Å². The molecule has 0 aliphatic carbocycles. The maximum atomic E-state index is 11.3. The third-order valence-electron chi connectivity index (χ3n) is 2.13. The smallest absolute Gasteiger partial charge is 0.339 e. The minimum absolute atomic E-state index is 0.101. The molecular weight excluding hydrogens is 182 g/mol. The maximum absolute atomic E-state index is 11.3. The van der Waals surface area contributed by atoms with E-state index in [0.717, 1.165) is 0 Å². The lowest BCUT2D eigenvalue weighted by atomic mass is 10.2. The first-order chi connectivity index (χ1) is 5.61. The molecule has 0 spiro atoms. The van der Waals surface area contributed by atoms with Crippen molar-refractivity contribution in [1.82, 2.24) is 4.31 Å². The van der Waals surface area contributed by atoms with E-state index in [0.29, 0.717) is 13.2 Å². The van der Waals surface area contributed by atoms with E-state index in [9.17, 15) is 8.42 Å². The second kappa shape index (κ2) is 2.66. The molecule has 0 bridgehead atoms. The molecule has 2 aliphatic rings. The van der Waals surface area contributed by atoms with Crippen molar-refractivity contribution < 1.29 is 17.3 Å². The summed E-state index contributed by atoms with van der Waals surface area (Å²) in [5, 5.41) is 0. The standard InChI is InChI=1S/C6H11NO4S/c1-5-2-10-3-6-4-11-12(8,9)7(5)6/h5-6H,2-4H2,1H3/t5-,6+/m1/s1. The Morgan fingerprint density at radius 2 is 2.08 bits per heavy atom. The van der Waals surface area contributed by atoms with Crippen molar-refractivity contribution in [2.75, 3.05) is 19.8 Å². The first-order valence-electron chi connectivity index (χ1n) is 3.87. The summed E-state index contributed by atoms with van der Waals surface area (Å²) in [6.45, 7) is 2.95. The summed E-state index contributed by atoms with van der Waals surface area (Å²) < 4.78 is 33.8. The Hall–Kier alpha value is -0.170. The van der Waals surface area contributed by atoms with Crippen LogP contribution < -0.4 is 0 Å². The zero-order valence-corrected chi connectivity index (χ0v) is 7.58. The van der Waals surface area contributed by atoms with Crippen LogP contribution in [0.4, 0.5) is 0 Å². The number of hydrogen-bond donors (Lipinski definition) is 0. The SMILES string of the molecule is C[C@@H]1COC[C@H]2COS(=O)(=O)N21. The maximum Gasteiger partial charge on any atom is 0.339 e. The topological polar surface area (TPSA) is 55.8 Å². The van der Waals surface area contributed by atoms with Crippen molar-refractivity contribution in [3.05, 3.63) is 0 Å². The van der Waals surface area contributed by atoms with E-state index in [2.05, 4.69) is 4.18 Å². The van der Waals surface area contributed by atoms with Gasteiger partial charge < -0.3 is 4.74 Å². The molecule has 2 atom stereocenters. The molecule has 0 aromatic heterocycles. The van der Waals surface area contributed by atoms with E-state index in [4.69, 9.17) is 4.74 Å². The minimum Gasteiger partial charge on any atom is -0.378 e. The predicted molar refractivity (Wildman–Crippen MR) is 40.8 cm³/mol. The second-order valence-electron chi connectivity index (χ2n) is 3.11. The summed E-state index contributed by atoms with van der Waals surface area (Å²) in [7, 11) is -3.44. The lowest BCUT2D eigenvalue weighted by molar-refractivity contribution is 0.00653. The molecule has 70 valence electrons. The first-order valence-corrected chi connectivity index (χ1v) is 5.23. The summed E-state index contributed by atoms with van der Waals surface area (Å²) >= 11 is 0. The molecule has 2 fully saturated rings. The fourth-order valence-electron chi connectivity index (χ4n) is 1.63. The van der Waals surface area contributed by atoms with E-state index in [1.54, 1.807) is 0 Å². The normalized spacial score (nSPS) is 41.1. The van der Waals surface area contributed by atoms with Gasteiger partial charge in [0.25, 0.3) is 0 Å². The lowest BCUT2D eigenvalue weighted by Crippen LogP contribution is -2.49. The van der Waals surface area contributed by atoms with Crippen molar-refractivity contribution in [2.45, 2.75) is 19.0 Å². The second-order valence-corrected chi connectivity index (χ2v) is 4.63. The van der Waals surface area contributed by atoms with E-state index >= 15 is 0 Å². The number of nitrogens with zero attached hydrogens (tertiary/aromatic N) is 1. The number of fused-ring (bicyclic) bond motifs is 1. The van der Waals surface area contributed by atoms with E-state index < -0.39 is 10.3 Å². The molecule has 0 amide bonds. The number of morpholine rings is 1. The fourth-order valence-corrected chi connectivity index (χ4v) is 3.07. The molecule has 2 rings (SSSR count). The van der Waals surface area contributed by atoms with Gasteiger partial charge >= 0.3 is 10.3 Å². The lowest BCUT2D eigenvalue weighted by Gasteiger charge is -2.31. The average Bonchev–Trinajstić information content (AvgIpc) is 2.29. The molecule has 12 heavy (non-hydrogen) atoms. The molecule has 5 nitrogen and oxygen atoms in total. The highest BCUT2D eigenvalue weighted by Crippen LogP contribution is 2.25. The van der Waals surface area contributed by atoms with Crippen LogP contribution in [0.1, 0.15) is 6.92 Å². The van der Waals surface area contributed by atoms with Gasteiger partial charge in [-0.1, -0.05) is 0 Å². The van der Waals surface area contributed by atoms with Crippen LogP contribution in [0.3, 0.4) is 0 Å². The van der Waals surface area contributed by atoms with Crippen LogP contribution in [0.2, 0.25) is 0 Å². The molecule has 0 radical (unpaired) electrons. The van der Waals surface area contributed by atoms with Crippen molar-refractivity contribution >= 4 is 10.3 Å². The predicted octanol–water partition coefficient (Wildman–Crippen LogP) is -0.649. The highest BCUT2D eigenvalue weighted by atomic mass is 32.2. The highest BCUT2D eigenvalue weighted by molar-refractivity contribution is 7.84. The van der Waals surface area contributed by atoms with Gasteiger partial charge in [0, 0.05) is 6.04 Å². The molecular formula is C6H11NO4S. The summed E-state index contributed by atoms with van der Waals surface area (Å²) in [6, 6.07) is -0.213. The third kappa shape index (κ3) is 1.15. The van der Waals surface area contributed by atoms with Crippen molar-refractivity contribution in [3.63, 3.8) is 0 Å². The van der Waals surface area contributed by atoms with Crippen molar-refractivity contribution in [1.29, 1.82) is 0 Å².